The summed E-state index contributed by atoms with van der Waals surface area (Å²) < 4.78 is 25.1. The number of nitrogens with zero attached hydrogens (tertiary/aromatic N) is 1. The predicted octanol–water partition coefficient (Wildman–Crippen LogP) is 2.15. The van der Waals surface area contributed by atoms with Gasteiger partial charge >= 0.3 is 6.03 Å². The van der Waals surface area contributed by atoms with Gasteiger partial charge in [-0.25, -0.2) is 13.2 Å². The minimum atomic E-state index is -3.58. The molecule has 256 valence electrons. The maximum absolute atomic E-state index is 14.2. The van der Waals surface area contributed by atoms with Crippen molar-refractivity contribution in [3.05, 3.63) is 0 Å². The molecule has 0 radical (unpaired) electrons. The Balaban J connectivity index is 1.84. The monoisotopic (exact) mass is 653 g/mol. The Hall–Kier alpha value is -2.70. The summed E-state index contributed by atoms with van der Waals surface area (Å²) >= 11 is 0. The van der Waals surface area contributed by atoms with Gasteiger partial charge in [-0.2, -0.15) is 0 Å². The van der Waals surface area contributed by atoms with E-state index in [9.17, 15) is 32.4 Å². The summed E-state index contributed by atoms with van der Waals surface area (Å²) in [6.45, 7) is 20.1. The number of primary amides is 1. The van der Waals surface area contributed by atoms with Gasteiger partial charge in [-0.3, -0.25) is 19.2 Å². The number of carbonyl (C=O) groups is 5. The van der Waals surface area contributed by atoms with Crippen LogP contribution in [-0.2, 0) is 29.0 Å². The summed E-state index contributed by atoms with van der Waals surface area (Å²) in [5, 5.41) is 8.35. The highest BCUT2D eigenvalue weighted by Gasteiger charge is 2.70. The van der Waals surface area contributed by atoms with Crippen molar-refractivity contribution in [1.82, 2.24) is 20.9 Å². The molecule has 3 fully saturated rings. The van der Waals surface area contributed by atoms with E-state index in [4.69, 9.17) is 5.73 Å². The van der Waals surface area contributed by atoms with Crippen LogP contribution in [0, 0.1) is 34.0 Å². The minimum absolute atomic E-state index is 0.0493. The molecule has 0 aromatic rings. The Morgan fingerprint density at radius 3 is 1.89 bits per heavy atom. The van der Waals surface area contributed by atoms with Crippen molar-refractivity contribution < 1.29 is 32.4 Å². The van der Waals surface area contributed by atoms with Gasteiger partial charge in [0.2, 0.25) is 17.6 Å². The predicted molar refractivity (Wildman–Crippen MR) is 171 cm³/mol. The molecule has 5 N–H and O–H groups in total. The van der Waals surface area contributed by atoms with Crippen molar-refractivity contribution >= 4 is 39.4 Å². The Bertz CT molecular complexity index is 1320. The second-order valence-electron chi connectivity index (χ2n) is 17.1. The summed E-state index contributed by atoms with van der Waals surface area (Å²) in [5.74, 6) is -3.09. The highest BCUT2D eigenvalue weighted by atomic mass is 32.2. The smallest absolute Gasteiger partial charge is 0.315 e. The zero-order chi connectivity index (χ0) is 34.7. The summed E-state index contributed by atoms with van der Waals surface area (Å²) in [6.07, 6.45) is 2.13. The van der Waals surface area contributed by atoms with Crippen molar-refractivity contribution in [2.24, 2.45) is 39.7 Å². The molecule has 0 bridgehead atoms. The van der Waals surface area contributed by atoms with E-state index in [-0.39, 0.29) is 28.9 Å². The average molecular weight is 654 g/mol. The molecule has 0 spiro atoms. The number of carbonyl (C=O) groups excluding carboxylic acids is 5. The number of likely N-dealkylation sites (tertiary alicyclic amines) is 1. The highest BCUT2D eigenvalue weighted by molar-refractivity contribution is 7.92. The fourth-order valence-electron chi connectivity index (χ4n) is 6.28. The van der Waals surface area contributed by atoms with E-state index in [1.165, 1.54) is 4.90 Å². The van der Waals surface area contributed by atoms with Crippen LogP contribution in [0.3, 0.4) is 0 Å². The topological polar surface area (TPSA) is 185 Å². The number of sulfone groups is 1. The molecule has 3 rings (SSSR count). The number of hydrogen-bond acceptors (Lipinski definition) is 7. The van der Waals surface area contributed by atoms with Gasteiger partial charge in [0.25, 0.3) is 5.91 Å². The maximum Gasteiger partial charge on any atom is 0.315 e. The van der Waals surface area contributed by atoms with Gasteiger partial charge < -0.3 is 26.6 Å². The lowest BCUT2D eigenvalue weighted by Crippen LogP contribution is -2.62. The normalized spacial score (nSPS) is 25.0. The number of Topliss-reactive ketones (excluding diaryl/α,β-unsaturated/α-hetero) is 1. The number of amides is 5. The molecule has 1 aliphatic heterocycles. The van der Waals surface area contributed by atoms with Crippen LogP contribution in [0.1, 0.15) is 95.4 Å². The number of hydrogen-bond donors (Lipinski definition) is 4. The summed E-state index contributed by atoms with van der Waals surface area (Å²) in [4.78, 5) is 67.3. The molecular formula is C32H55N5O7S. The third-order valence-electron chi connectivity index (χ3n) is 9.96. The van der Waals surface area contributed by atoms with E-state index >= 15 is 0 Å². The molecule has 1 saturated heterocycles. The van der Waals surface area contributed by atoms with Gasteiger partial charge in [0.1, 0.15) is 12.1 Å². The first-order chi connectivity index (χ1) is 20.2. The van der Waals surface area contributed by atoms with Crippen molar-refractivity contribution in [3.8, 4) is 0 Å². The zero-order valence-electron chi connectivity index (χ0n) is 28.9. The summed E-state index contributed by atoms with van der Waals surface area (Å²) in [5.41, 5.74) is 3.69. The third kappa shape index (κ3) is 8.18. The van der Waals surface area contributed by atoms with Crippen molar-refractivity contribution in [1.29, 1.82) is 0 Å². The number of rotatable bonds is 11. The molecule has 3 unspecified atom stereocenters. The van der Waals surface area contributed by atoms with Crippen LogP contribution in [0.15, 0.2) is 0 Å². The standard InChI is InChI=1S/C32H55N5O7S/c1-29(2,3)20(16-45(43,44)31(7,8)9)35-28(42)36-24(30(4,5)6)27(41)37-15-18-21(32(18,10)11)22(37)26(40)34-19(14-17-12-13-17)23(38)25(33)39/h17-22,24H,12-16H2,1-11H3,(H2,33,39)(H,34,40)(H2,35,36,42)/t18?,19?,20-,21?,22+,24-/m1/s1. The van der Waals surface area contributed by atoms with E-state index in [1.807, 2.05) is 34.6 Å². The molecule has 45 heavy (non-hydrogen) atoms. The number of nitrogens with one attached hydrogen (secondary N) is 3. The van der Waals surface area contributed by atoms with E-state index in [1.54, 1.807) is 41.5 Å². The molecule has 1 heterocycles. The van der Waals surface area contributed by atoms with Gasteiger partial charge in [0.15, 0.2) is 9.84 Å². The second kappa shape index (κ2) is 12.2. The molecule has 12 nitrogen and oxygen atoms in total. The minimum Gasteiger partial charge on any atom is -0.363 e. The number of fused-ring (bicyclic) bond motifs is 1. The molecule has 5 amide bonds. The summed E-state index contributed by atoms with van der Waals surface area (Å²) in [6, 6.07) is -4.44. The van der Waals surface area contributed by atoms with Gasteiger partial charge in [0, 0.05) is 12.6 Å². The lowest BCUT2D eigenvalue weighted by Gasteiger charge is -2.39. The number of ketones is 1. The summed E-state index contributed by atoms with van der Waals surface area (Å²) in [7, 11) is -3.58. The first-order valence-electron chi connectivity index (χ1n) is 15.9. The molecule has 0 aromatic carbocycles. The number of nitrogens with two attached hydrogens (primary N) is 1. The molecule has 2 aliphatic carbocycles. The van der Waals surface area contributed by atoms with Crippen LogP contribution >= 0.6 is 0 Å². The van der Waals surface area contributed by atoms with Crippen LogP contribution in [0.4, 0.5) is 4.79 Å². The first-order valence-corrected chi connectivity index (χ1v) is 17.6. The maximum atomic E-state index is 14.2. The largest absolute Gasteiger partial charge is 0.363 e. The molecular weight excluding hydrogens is 598 g/mol. The number of urea groups is 1. The Kier molecular flexibility index (Phi) is 9.93. The molecule has 3 aliphatic rings. The SMILES string of the molecule is CC1(C)C2CN(C(=O)[C@@H](NC(=O)N[C@H](CS(=O)(=O)C(C)(C)C)C(C)(C)C)C(C)(C)C)[C@H](C(=O)NC(CC3CC3)C(=O)C(N)=O)C21. The van der Waals surface area contributed by atoms with E-state index in [0.29, 0.717) is 13.0 Å². The lowest BCUT2D eigenvalue weighted by atomic mass is 9.85. The molecule has 0 aromatic heterocycles. The van der Waals surface area contributed by atoms with Crippen molar-refractivity contribution in [3.63, 3.8) is 0 Å². The second-order valence-corrected chi connectivity index (χ2v) is 19.9. The lowest BCUT2D eigenvalue weighted by molar-refractivity contribution is -0.145. The van der Waals surface area contributed by atoms with Gasteiger partial charge in [-0.1, -0.05) is 68.2 Å². The fraction of sp³-hybridized carbons (Fsp3) is 0.844. The van der Waals surface area contributed by atoms with Crippen LogP contribution in [0.5, 0.6) is 0 Å². The highest BCUT2D eigenvalue weighted by Crippen LogP contribution is 2.65. The van der Waals surface area contributed by atoms with Gasteiger partial charge in [-0.15, -0.1) is 0 Å². The van der Waals surface area contributed by atoms with Gasteiger partial charge in [-0.05, 0) is 61.2 Å². The fourth-order valence-corrected chi connectivity index (χ4v) is 7.81. The Morgan fingerprint density at radius 2 is 1.44 bits per heavy atom. The Labute approximate surface area is 268 Å². The van der Waals surface area contributed by atoms with Gasteiger partial charge in [0.05, 0.1) is 16.5 Å². The van der Waals surface area contributed by atoms with Crippen LogP contribution in [0.2, 0.25) is 0 Å². The number of piperidine rings is 1. The van der Waals surface area contributed by atoms with Crippen LogP contribution in [-0.4, -0.2) is 84.1 Å². The van der Waals surface area contributed by atoms with Crippen molar-refractivity contribution in [2.75, 3.05) is 12.3 Å². The van der Waals surface area contributed by atoms with E-state index < -0.39 is 79.1 Å². The van der Waals surface area contributed by atoms with Crippen molar-refractivity contribution in [2.45, 2.75) is 124 Å². The Morgan fingerprint density at radius 1 is 0.889 bits per heavy atom. The van der Waals surface area contributed by atoms with E-state index in [0.717, 1.165) is 12.8 Å². The quantitative estimate of drug-likeness (QED) is 0.246. The molecule has 13 heteroatoms. The molecule has 2 saturated carbocycles. The molecule has 6 atom stereocenters. The first kappa shape index (κ1) is 36.8. The van der Waals surface area contributed by atoms with Crippen LogP contribution in [0.25, 0.3) is 0 Å². The average Bonchev–Trinajstić information content (AvgIpc) is 3.71. The zero-order valence-corrected chi connectivity index (χ0v) is 29.7. The van der Waals surface area contributed by atoms with E-state index in [2.05, 4.69) is 16.0 Å². The third-order valence-corrected chi connectivity index (χ3v) is 12.6. The van der Waals surface area contributed by atoms with Crippen LogP contribution < -0.4 is 21.7 Å².